The molecule has 0 saturated carbocycles. The number of hydrogen-bond donors (Lipinski definition) is 0. The van der Waals surface area contributed by atoms with E-state index in [2.05, 4.69) is 6.07 Å². The number of hydrogen-bond acceptors (Lipinski definition) is 2. The molecule has 0 fully saturated rings. The van der Waals surface area contributed by atoms with Crippen LogP contribution in [0.5, 0.6) is 0 Å². The molecule has 2 aromatic carbocycles. The summed E-state index contributed by atoms with van der Waals surface area (Å²) in [6, 6.07) is 15.8. The average Bonchev–Trinajstić information content (AvgIpc) is 2.53. The number of carbonyl (C=O) groups excluding carboxylic acids is 1. The molecule has 0 spiro atoms. The molecule has 0 atom stereocenters. The third kappa shape index (κ3) is 3.42. The maximum Gasteiger partial charge on any atom is 0.237 e. The van der Waals surface area contributed by atoms with Crippen LogP contribution in [0.2, 0.25) is 5.02 Å². The molecule has 3 rings (SSSR count). The Balaban J connectivity index is 1.68. The maximum atomic E-state index is 12.5. The van der Waals surface area contributed by atoms with E-state index in [0.29, 0.717) is 5.75 Å². The van der Waals surface area contributed by atoms with Gasteiger partial charge in [0.15, 0.2) is 0 Å². The molecule has 0 bridgehead atoms. The summed E-state index contributed by atoms with van der Waals surface area (Å²) >= 11 is 7.42. The summed E-state index contributed by atoms with van der Waals surface area (Å²) < 4.78 is 0. The first-order valence-electron chi connectivity index (χ1n) is 7.01. The Kier molecular flexibility index (Phi) is 4.51. The van der Waals surface area contributed by atoms with E-state index in [0.717, 1.165) is 35.0 Å². The van der Waals surface area contributed by atoms with Gasteiger partial charge in [0.05, 0.1) is 5.75 Å². The topological polar surface area (TPSA) is 20.3 Å². The van der Waals surface area contributed by atoms with Gasteiger partial charge in [-0.25, -0.2) is 0 Å². The number of anilines is 1. The van der Waals surface area contributed by atoms with Gasteiger partial charge in [-0.3, -0.25) is 4.79 Å². The molecule has 0 aliphatic carbocycles. The van der Waals surface area contributed by atoms with Crippen molar-refractivity contribution in [1.29, 1.82) is 0 Å². The lowest BCUT2D eigenvalue weighted by molar-refractivity contribution is -0.116. The van der Waals surface area contributed by atoms with Crippen LogP contribution in [0.1, 0.15) is 12.0 Å². The number of benzene rings is 2. The molecule has 0 unspecified atom stereocenters. The summed E-state index contributed by atoms with van der Waals surface area (Å²) in [5.74, 6) is 0.623. The van der Waals surface area contributed by atoms with Gasteiger partial charge in [0, 0.05) is 22.2 Å². The number of para-hydroxylation sites is 1. The fraction of sp³-hybridized carbons (Fsp3) is 0.235. The van der Waals surface area contributed by atoms with Crippen molar-refractivity contribution in [3.8, 4) is 0 Å². The van der Waals surface area contributed by atoms with Crippen LogP contribution in [0.15, 0.2) is 53.4 Å². The van der Waals surface area contributed by atoms with Crippen LogP contribution in [-0.4, -0.2) is 18.2 Å². The second-order valence-corrected chi connectivity index (χ2v) is 6.51. The highest BCUT2D eigenvalue weighted by Crippen LogP contribution is 2.28. The molecule has 108 valence electrons. The molecule has 2 nitrogen and oxygen atoms in total. The van der Waals surface area contributed by atoms with E-state index >= 15 is 0 Å². The smallest absolute Gasteiger partial charge is 0.237 e. The second kappa shape index (κ2) is 6.54. The lowest BCUT2D eigenvalue weighted by atomic mass is 10.0. The summed E-state index contributed by atoms with van der Waals surface area (Å²) in [5.41, 5.74) is 2.35. The van der Waals surface area contributed by atoms with E-state index < -0.39 is 0 Å². The van der Waals surface area contributed by atoms with Crippen molar-refractivity contribution in [2.24, 2.45) is 0 Å². The minimum absolute atomic E-state index is 0.169. The van der Waals surface area contributed by atoms with E-state index in [-0.39, 0.29) is 5.91 Å². The van der Waals surface area contributed by atoms with E-state index in [1.165, 1.54) is 5.56 Å². The quantitative estimate of drug-likeness (QED) is 0.781. The number of amides is 1. The summed E-state index contributed by atoms with van der Waals surface area (Å²) in [7, 11) is 0. The summed E-state index contributed by atoms with van der Waals surface area (Å²) in [6.07, 6.45) is 2.10. The van der Waals surface area contributed by atoms with Crippen LogP contribution < -0.4 is 4.90 Å². The zero-order valence-electron chi connectivity index (χ0n) is 11.6. The van der Waals surface area contributed by atoms with Crippen LogP contribution in [0.4, 0.5) is 5.69 Å². The Morgan fingerprint density at radius 1 is 1.14 bits per heavy atom. The van der Waals surface area contributed by atoms with Crippen molar-refractivity contribution in [2.45, 2.75) is 17.7 Å². The summed E-state index contributed by atoms with van der Waals surface area (Å²) in [6.45, 7) is 0.816. The molecule has 0 radical (unpaired) electrons. The van der Waals surface area contributed by atoms with Gasteiger partial charge in [-0.1, -0.05) is 29.8 Å². The molecule has 1 amide bonds. The predicted molar refractivity (Wildman–Crippen MR) is 89.3 cm³/mol. The average molecular weight is 318 g/mol. The Bertz CT molecular complexity index is 641. The number of fused-ring (bicyclic) bond motifs is 1. The van der Waals surface area contributed by atoms with Gasteiger partial charge in [0.25, 0.3) is 0 Å². The number of nitrogens with zero attached hydrogens (tertiary/aromatic N) is 1. The molecule has 4 heteroatoms. The van der Waals surface area contributed by atoms with Gasteiger partial charge in [-0.15, -0.1) is 11.8 Å². The Morgan fingerprint density at radius 3 is 2.71 bits per heavy atom. The zero-order chi connectivity index (χ0) is 14.7. The minimum atomic E-state index is 0.169. The van der Waals surface area contributed by atoms with E-state index in [1.807, 2.05) is 47.4 Å². The summed E-state index contributed by atoms with van der Waals surface area (Å²) in [5, 5.41) is 0.718. The molecule has 2 aromatic rings. The molecule has 1 heterocycles. The molecular formula is C17H16ClNOS. The van der Waals surface area contributed by atoms with Gasteiger partial charge in [-0.2, -0.15) is 0 Å². The van der Waals surface area contributed by atoms with Gasteiger partial charge in [0.2, 0.25) is 5.91 Å². The van der Waals surface area contributed by atoms with Crippen molar-refractivity contribution in [3.05, 3.63) is 59.1 Å². The van der Waals surface area contributed by atoms with Crippen molar-refractivity contribution in [3.63, 3.8) is 0 Å². The first-order valence-corrected chi connectivity index (χ1v) is 8.37. The van der Waals surface area contributed by atoms with Gasteiger partial charge in [0.1, 0.15) is 0 Å². The molecule has 0 saturated heterocycles. The van der Waals surface area contributed by atoms with Crippen LogP contribution >= 0.6 is 23.4 Å². The highest BCUT2D eigenvalue weighted by atomic mass is 35.5. The lowest BCUT2D eigenvalue weighted by Crippen LogP contribution is -2.36. The van der Waals surface area contributed by atoms with Crippen LogP contribution in [0, 0.1) is 0 Å². The number of halogens is 1. The monoisotopic (exact) mass is 317 g/mol. The van der Waals surface area contributed by atoms with Crippen LogP contribution in [0.3, 0.4) is 0 Å². The second-order valence-electron chi connectivity index (χ2n) is 5.02. The molecule has 1 aliphatic heterocycles. The van der Waals surface area contributed by atoms with Crippen LogP contribution in [0.25, 0.3) is 0 Å². The Hall–Kier alpha value is -1.45. The molecule has 0 N–H and O–H groups in total. The normalized spacial score (nSPS) is 13.9. The third-order valence-electron chi connectivity index (χ3n) is 3.59. The van der Waals surface area contributed by atoms with E-state index in [9.17, 15) is 4.79 Å². The van der Waals surface area contributed by atoms with Crippen molar-refractivity contribution in [1.82, 2.24) is 0 Å². The van der Waals surface area contributed by atoms with Crippen molar-refractivity contribution >= 4 is 35.0 Å². The largest absolute Gasteiger partial charge is 0.311 e. The third-order valence-corrected chi connectivity index (χ3v) is 4.84. The first-order chi connectivity index (χ1) is 10.2. The van der Waals surface area contributed by atoms with Crippen LogP contribution in [-0.2, 0) is 11.2 Å². The number of thioether (sulfide) groups is 1. The molecule has 1 aliphatic rings. The lowest BCUT2D eigenvalue weighted by Gasteiger charge is -2.29. The predicted octanol–water partition coefficient (Wildman–Crippen LogP) is 4.41. The number of carbonyl (C=O) groups is 1. The standard InChI is InChI=1S/C17H16ClNOS/c18-14-7-9-15(10-8-14)21-12-17(20)19-11-3-5-13-4-1-2-6-16(13)19/h1-2,4,6-10H,3,5,11-12H2. The Labute approximate surface area is 134 Å². The van der Waals surface area contributed by atoms with E-state index in [1.54, 1.807) is 11.8 Å². The first kappa shape index (κ1) is 14.5. The van der Waals surface area contributed by atoms with Gasteiger partial charge < -0.3 is 4.90 Å². The zero-order valence-corrected chi connectivity index (χ0v) is 13.2. The molecular weight excluding hydrogens is 302 g/mol. The minimum Gasteiger partial charge on any atom is -0.311 e. The van der Waals surface area contributed by atoms with Gasteiger partial charge in [-0.05, 0) is 48.7 Å². The number of rotatable bonds is 3. The highest BCUT2D eigenvalue weighted by Gasteiger charge is 2.21. The fourth-order valence-corrected chi connectivity index (χ4v) is 3.45. The van der Waals surface area contributed by atoms with E-state index in [4.69, 9.17) is 11.6 Å². The Morgan fingerprint density at radius 2 is 1.90 bits per heavy atom. The number of aryl methyl sites for hydroxylation is 1. The maximum absolute atomic E-state index is 12.5. The molecule has 21 heavy (non-hydrogen) atoms. The summed E-state index contributed by atoms with van der Waals surface area (Å²) in [4.78, 5) is 15.5. The van der Waals surface area contributed by atoms with Crippen molar-refractivity contribution < 1.29 is 4.79 Å². The molecule has 0 aromatic heterocycles. The SMILES string of the molecule is O=C(CSc1ccc(Cl)cc1)N1CCCc2ccccc21. The fourth-order valence-electron chi connectivity index (χ4n) is 2.55. The van der Waals surface area contributed by atoms with Gasteiger partial charge >= 0.3 is 0 Å². The van der Waals surface area contributed by atoms with Crippen molar-refractivity contribution in [2.75, 3.05) is 17.2 Å². The highest BCUT2D eigenvalue weighted by molar-refractivity contribution is 8.00.